The van der Waals surface area contributed by atoms with Crippen LogP contribution in [0, 0.1) is 5.92 Å². The summed E-state index contributed by atoms with van der Waals surface area (Å²) in [6.07, 6.45) is 2.60. The van der Waals surface area contributed by atoms with Gasteiger partial charge in [-0.15, -0.1) is 11.3 Å². The van der Waals surface area contributed by atoms with E-state index in [2.05, 4.69) is 27.4 Å². The molecule has 3 rings (SSSR count). The number of carbonyl (C=O) groups excluding carboxylic acids is 1. The zero-order chi connectivity index (χ0) is 18.5. The minimum Gasteiger partial charge on any atom is -0.360 e. The normalized spacial score (nSPS) is 22.3. The number of amides is 1. The number of hydrogen-bond donors (Lipinski definition) is 1. The summed E-state index contributed by atoms with van der Waals surface area (Å²) in [5.41, 5.74) is 1.14. The summed E-state index contributed by atoms with van der Waals surface area (Å²) in [5.74, 6) is 0.370. The molecule has 1 unspecified atom stereocenters. The van der Waals surface area contributed by atoms with E-state index in [9.17, 15) is 4.79 Å². The van der Waals surface area contributed by atoms with Crippen LogP contribution in [-0.2, 0) is 11.3 Å². The quantitative estimate of drug-likeness (QED) is 0.787. The molecule has 0 aromatic carbocycles. The van der Waals surface area contributed by atoms with E-state index in [-0.39, 0.29) is 13.3 Å². The van der Waals surface area contributed by atoms with Crippen LogP contribution in [0.1, 0.15) is 40.7 Å². The maximum Gasteiger partial charge on any atom is 0.225 e. The molecular weight excluding hydrogens is 346 g/mol. The molecule has 26 heavy (non-hydrogen) atoms. The zero-order valence-corrected chi connectivity index (χ0v) is 17.2. The lowest BCUT2D eigenvalue weighted by atomic mass is 10.1. The molecule has 2 fully saturated rings. The van der Waals surface area contributed by atoms with Gasteiger partial charge in [-0.1, -0.05) is 20.8 Å². The van der Waals surface area contributed by atoms with Crippen LogP contribution in [-0.4, -0.2) is 77.4 Å². The van der Waals surface area contributed by atoms with Gasteiger partial charge in [-0.05, 0) is 25.9 Å². The number of likely N-dealkylation sites (N-methyl/N-ethyl adjacent to an activating group) is 1. The third-order valence-corrected chi connectivity index (χ3v) is 6.36. The average molecular weight is 382 g/mol. The number of anilines is 1. The van der Waals surface area contributed by atoms with Gasteiger partial charge in [0.2, 0.25) is 5.91 Å². The first-order valence-electron chi connectivity index (χ1n) is 10.00. The SMILES string of the molecule is CCN1CCCC1CNc1nc(CN2CCN(C(=O)C(C)C)CC2)cs1.[HH]. The Hall–Kier alpha value is -1.18. The van der Waals surface area contributed by atoms with E-state index in [0.717, 1.165) is 56.6 Å². The predicted octanol–water partition coefficient (Wildman–Crippen LogP) is 2.59. The molecule has 0 spiro atoms. The van der Waals surface area contributed by atoms with Crippen LogP contribution >= 0.6 is 11.3 Å². The van der Waals surface area contributed by atoms with Gasteiger partial charge in [0.25, 0.3) is 0 Å². The summed E-state index contributed by atoms with van der Waals surface area (Å²) in [6.45, 7) is 14.0. The van der Waals surface area contributed by atoms with Crippen LogP contribution in [0.3, 0.4) is 0 Å². The maximum atomic E-state index is 12.1. The Kier molecular flexibility index (Phi) is 6.89. The number of aromatic nitrogens is 1. The van der Waals surface area contributed by atoms with Gasteiger partial charge in [0.15, 0.2) is 5.13 Å². The van der Waals surface area contributed by atoms with Crippen molar-refractivity contribution in [3.05, 3.63) is 11.1 Å². The number of rotatable bonds is 7. The smallest absolute Gasteiger partial charge is 0.225 e. The first-order chi connectivity index (χ1) is 12.6. The van der Waals surface area contributed by atoms with E-state index in [1.807, 2.05) is 18.7 Å². The second-order valence-electron chi connectivity index (χ2n) is 7.71. The number of thiazole rings is 1. The molecule has 2 aliphatic heterocycles. The summed E-state index contributed by atoms with van der Waals surface area (Å²) in [7, 11) is 0. The number of hydrogen-bond acceptors (Lipinski definition) is 6. The molecule has 6 nitrogen and oxygen atoms in total. The van der Waals surface area contributed by atoms with Crippen LogP contribution in [0.25, 0.3) is 0 Å². The number of likely N-dealkylation sites (tertiary alicyclic amines) is 1. The van der Waals surface area contributed by atoms with Crippen LogP contribution in [0.5, 0.6) is 0 Å². The fourth-order valence-electron chi connectivity index (χ4n) is 3.93. The molecule has 1 aromatic rings. The van der Waals surface area contributed by atoms with Crippen molar-refractivity contribution in [3.63, 3.8) is 0 Å². The average Bonchev–Trinajstić information content (AvgIpc) is 3.28. The Bertz CT molecular complexity index is 588. The van der Waals surface area contributed by atoms with E-state index in [4.69, 9.17) is 4.98 Å². The van der Waals surface area contributed by atoms with Gasteiger partial charge in [-0.25, -0.2) is 4.98 Å². The Morgan fingerprint density at radius 2 is 2.12 bits per heavy atom. The summed E-state index contributed by atoms with van der Waals surface area (Å²) in [5, 5.41) is 6.74. The fourth-order valence-corrected chi connectivity index (χ4v) is 4.64. The molecule has 2 aliphatic rings. The third kappa shape index (κ3) is 4.96. The monoisotopic (exact) mass is 381 g/mol. The lowest BCUT2D eigenvalue weighted by molar-refractivity contribution is -0.136. The van der Waals surface area contributed by atoms with E-state index < -0.39 is 0 Å². The van der Waals surface area contributed by atoms with Crippen molar-refractivity contribution in [2.24, 2.45) is 5.92 Å². The van der Waals surface area contributed by atoms with Crippen LogP contribution in [0.15, 0.2) is 5.38 Å². The highest BCUT2D eigenvalue weighted by Gasteiger charge is 2.24. The number of piperazine rings is 1. The van der Waals surface area contributed by atoms with E-state index in [0.29, 0.717) is 6.04 Å². The van der Waals surface area contributed by atoms with Crippen molar-refractivity contribution in [2.75, 3.05) is 51.1 Å². The highest BCUT2D eigenvalue weighted by atomic mass is 32.1. The van der Waals surface area contributed by atoms with Gasteiger partial charge in [0.1, 0.15) is 0 Å². The molecule has 148 valence electrons. The molecule has 2 saturated heterocycles. The third-order valence-electron chi connectivity index (χ3n) is 5.51. The van der Waals surface area contributed by atoms with Gasteiger partial charge >= 0.3 is 0 Å². The predicted molar refractivity (Wildman–Crippen MR) is 110 cm³/mol. The van der Waals surface area contributed by atoms with Gasteiger partial charge < -0.3 is 10.2 Å². The summed E-state index contributed by atoms with van der Waals surface area (Å²) >= 11 is 1.71. The van der Waals surface area contributed by atoms with Crippen molar-refractivity contribution in [2.45, 2.75) is 46.2 Å². The van der Waals surface area contributed by atoms with Crippen molar-refractivity contribution in [1.29, 1.82) is 0 Å². The molecule has 1 atom stereocenters. The van der Waals surface area contributed by atoms with E-state index in [1.165, 1.54) is 19.4 Å². The standard InChI is InChI=1S/C19H33N5OS.H2/c1-4-23-7-5-6-17(23)12-20-19-21-16(14-26-19)13-22-8-10-24(11-9-22)18(25)15(2)3;/h14-15,17H,4-13H2,1-3H3,(H,20,21);1H. The van der Waals surface area contributed by atoms with E-state index in [1.54, 1.807) is 11.3 Å². The highest BCUT2D eigenvalue weighted by Crippen LogP contribution is 2.21. The molecule has 0 bridgehead atoms. The molecular formula is C19H35N5OS. The summed E-state index contributed by atoms with van der Waals surface area (Å²) < 4.78 is 0. The van der Waals surface area contributed by atoms with Gasteiger partial charge in [-0.3, -0.25) is 14.6 Å². The largest absolute Gasteiger partial charge is 0.360 e. The highest BCUT2D eigenvalue weighted by molar-refractivity contribution is 7.13. The molecule has 0 radical (unpaired) electrons. The number of nitrogens with one attached hydrogen (secondary N) is 1. The Balaban J connectivity index is 0.00000261. The summed E-state index contributed by atoms with van der Waals surface area (Å²) in [4.78, 5) is 23.8. The minimum absolute atomic E-state index is 0. The van der Waals surface area contributed by atoms with Crippen molar-refractivity contribution >= 4 is 22.4 Å². The second kappa shape index (κ2) is 9.15. The first kappa shape index (κ1) is 19.6. The molecule has 1 N–H and O–H groups in total. The van der Waals surface area contributed by atoms with Gasteiger partial charge in [-0.2, -0.15) is 0 Å². The topological polar surface area (TPSA) is 51.7 Å². The van der Waals surface area contributed by atoms with Crippen LogP contribution < -0.4 is 5.32 Å². The number of carbonyl (C=O) groups is 1. The van der Waals surface area contributed by atoms with Crippen LogP contribution in [0.4, 0.5) is 5.13 Å². The molecule has 1 amide bonds. The van der Waals surface area contributed by atoms with Gasteiger partial charge in [0.05, 0.1) is 5.69 Å². The number of nitrogens with zero attached hydrogens (tertiary/aromatic N) is 4. The lowest BCUT2D eigenvalue weighted by Crippen LogP contribution is -2.49. The Morgan fingerprint density at radius 1 is 1.35 bits per heavy atom. The van der Waals surface area contributed by atoms with Gasteiger partial charge in [0, 0.05) is 58.0 Å². The maximum absolute atomic E-state index is 12.1. The molecule has 0 aliphatic carbocycles. The van der Waals surface area contributed by atoms with Crippen LogP contribution in [0.2, 0.25) is 0 Å². The van der Waals surface area contributed by atoms with Crippen molar-refractivity contribution in [1.82, 2.24) is 19.7 Å². The van der Waals surface area contributed by atoms with Crippen molar-refractivity contribution in [3.8, 4) is 0 Å². The Morgan fingerprint density at radius 3 is 2.81 bits per heavy atom. The molecule has 0 saturated carbocycles. The van der Waals surface area contributed by atoms with Crippen molar-refractivity contribution < 1.29 is 6.22 Å². The lowest BCUT2D eigenvalue weighted by Gasteiger charge is -2.35. The molecule has 7 heteroatoms. The fraction of sp³-hybridized carbons (Fsp3) is 0.789. The van der Waals surface area contributed by atoms with E-state index >= 15 is 0 Å². The summed E-state index contributed by atoms with van der Waals surface area (Å²) in [6, 6.07) is 0.652. The molecule has 3 heterocycles. The second-order valence-corrected chi connectivity index (χ2v) is 8.56. The Labute approximate surface area is 163 Å². The first-order valence-corrected chi connectivity index (χ1v) is 10.9. The molecule has 1 aromatic heterocycles. The minimum atomic E-state index is 0. The zero-order valence-electron chi connectivity index (χ0n) is 16.4.